The average Bonchev–Trinajstić information content (AvgIpc) is 3.61. The molecule has 1 N–H and O–H groups in total. The summed E-state index contributed by atoms with van der Waals surface area (Å²) in [5.74, 6) is 1.19. The molecule has 3 aromatic heterocycles. The third kappa shape index (κ3) is 5.92. The van der Waals surface area contributed by atoms with Crippen LogP contribution in [0.5, 0.6) is 0 Å². The van der Waals surface area contributed by atoms with Crippen LogP contribution in [-0.2, 0) is 24.4 Å². The molecular formula is C26H32N4O3. The van der Waals surface area contributed by atoms with Gasteiger partial charge >= 0.3 is 0 Å². The summed E-state index contributed by atoms with van der Waals surface area (Å²) in [7, 11) is 0. The predicted molar refractivity (Wildman–Crippen MR) is 125 cm³/mol. The molecule has 1 aliphatic rings. The fourth-order valence-electron chi connectivity index (χ4n) is 4.44. The van der Waals surface area contributed by atoms with E-state index in [1.165, 1.54) is 0 Å². The number of nitrogens with zero attached hydrogens (tertiary/aromatic N) is 3. The fourth-order valence-corrected chi connectivity index (χ4v) is 4.44. The molecule has 0 radical (unpaired) electrons. The van der Waals surface area contributed by atoms with Gasteiger partial charge in [-0.15, -0.1) is 0 Å². The topological polar surface area (TPSA) is 80.4 Å². The highest BCUT2D eigenvalue weighted by atomic mass is 16.4. The molecule has 1 fully saturated rings. The van der Waals surface area contributed by atoms with Gasteiger partial charge in [-0.1, -0.05) is 25.8 Å². The highest BCUT2D eigenvalue weighted by molar-refractivity contribution is 5.91. The summed E-state index contributed by atoms with van der Waals surface area (Å²) >= 11 is 0. The molecule has 4 rings (SSSR count). The predicted octanol–water partition coefficient (Wildman–Crippen LogP) is 4.38. The number of amides is 2. The molecule has 1 saturated carbocycles. The van der Waals surface area contributed by atoms with Gasteiger partial charge in [0.25, 0.3) is 5.91 Å². The van der Waals surface area contributed by atoms with Crippen LogP contribution >= 0.6 is 0 Å². The van der Waals surface area contributed by atoms with Gasteiger partial charge in [0, 0.05) is 43.3 Å². The van der Waals surface area contributed by atoms with Crippen LogP contribution in [0.25, 0.3) is 0 Å². The number of carbonyl (C=O) groups is 2. The second-order valence-corrected chi connectivity index (χ2v) is 8.68. The number of hydrogen-bond donors (Lipinski definition) is 1. The first-order valence-corrected chi connectivity index (χ1v) is 11.8. The molecule has 0 bridgehead atoms. The number of hydrogen-bond acceptors (Lipinski definition) is 4. The molecule has 0 unspecified atom stereocenters. The average molecular weight is 449 g/mol. The van der Waals surface area contributed by atoms with Crippen molar-refractivity contribution in [3.05, 3.63) is 77.8 Å². The van der Waals surface area contributed by atoms with E-state index in [0.717, 1.165) is 49.9 Å². The van der Waals surface area contributed by atoms with E-state index in [0.29, 0.717) is 25.4 Å². The summed E-state index contributed by atoms with van der Waals surface area (Å²) in [5.41, 5.74) is 1.99. The molecule has 3 aromatic rings. The van der Waals surface area contributed by atoms with Gasteiger partial charge in [-0.2, -0.15) is 0 Å². The Morgan fingerprint density at radius 2 is 2.03 bits per heavy atom. The van der Waals surface area contributed by atoms with E-state index >= 15 is 0 Å². The van der Waals surface area contributed by atoms with Crippen LogP contribution in [0.3, 0.4) is 0 Å². The van der Waals surface area contributed by atoms with Gasteiger partial charge in [0.1, 0.15) is 5.76 Å². The van der Waals surface area contributed by atoms with Gasteiger partial charge in [-0.3, -0.25) is 14.6 Å². The molecule has 0 saturated heterocycles. The summed E-state index contributed by atoms with van der Waals surface area (Å²) < 4.78 is 7.90. The van der Waals surface area contributed by atoms with Crippen molar-refractivity contribution in [1.82, 2.24) is 19.8 Å². The first-order chi connectivity index (χ1) is 16.1. The number of rotatable bonds is 10. The minimum Gasteiger partial charge on any atom is -0.454 e. The van der Waals surface area contributed by atoms with Crippen molar-refractivity contribution in [2.45, 2.75) is 58.7 Å². The normalized spacial score (nSPS) is 13.8. The van der Waals surface area contributed by atoms with E-state index in [1.54, 1.807) is 18.5 Å². The fraction of sp³-hybridized carbons (Fsp3) is 0.423. The Labute approximate surface area is 194 Å². The SMILES string of the molecule is CCCN(Cc1cccn1Cc1ccc(C(=O)NCc2cccnc2)o1)C(=O)C1CCCC1. The standard InChI is InChI=1S/C26H32N4O3/c1-2-14-30(26(32)21-8-3-4-9-21)18-22-10-6-15-29(22)19-23-11-12-24(33-23)25(31)28-17-20-7-5-13-27-16-20/h5-7,10-13,15-16,21H,2-4,8-9,14,17-19H2,1H3,(H,28,31). The molecule has 1 aliphatic carbocycles. The molecule has 2 amide bonds. The lowest BCUT2D eigenvalue weighted by atomic mass is 10.1. The zero-order chi connectivity index (χ0) is 23.0. The van der Waals surface area contributed by atoms with Gasteiger partial charge in [0.05, 0.1) is 13.1 Å². The first-order valence-electron chi connectivity index (χ1n) is 11.8. The highest BCUT2D eigenvalue weighted by Crippen LogP contribution is 2.27. The van der Waals surface area contributed by atoms with Crippen molar-refractivity contribution in [3.8, 4) is 0 Å². The molecule has 0 aromatic carbocycles. The molecule has 174 valence electrons. The molecule has 33 heavy (non-hydrogen) atoms. The Morgan fingerprint density at radius 3 is 2.79 bits per heavy atom. The molecule has 0 spiro atoms. The van der Waals surface area contributed by atoms with Crippen molar-refractivity contribution in [2.75, 3.05) is 6.54 Å². The van der Waals surface area contributed by atoms with E-state index in [1.807, 2.05) is 35.4 Å². The Balaban J connectivity index is 1.37. The number of aromatic nitrogens is 2. The third-order valence-electron chi connectivity index (χ3n) is 6.17. The minimum atomic E-state index is -0.255. The van der Waals surface area contributed by atoms with Crippen LogP contribution < -0.4 is 5.32 Å². The lowest BCUT2D eigenvalue weighted by Gasteiger charge is -2.26. The smallest absolute Gasteiger partial charge is 0.287 e. The summed E-state index contributed by atoms with van der Waals surface area (Å²) in [6, 6.07) is 11.3. The third-order valence-corrected chi connectivity index (χ3v) is 6.17. The Hall–Kier alpha value is -3.35. The second kappa shape index (κ2) is 11.0. The zero-order valence-corrected chi connectivity index (χ0v) is 19.2. The van der Waals surface area contributed by atoms with Crippen molar-refractivity contribution in [1.29, 1.82) is 0 Å². The maximum absolute atomic E-state index is 13.0. The van der Waals surface area contributed by atoms with Crippen molar-refractivity contribution in [2.24, 2.45) is 5.92 Å². The number of pyridine rings is 1. The Morgan fingerprint density at radius 1 is 1.18 bits per heavy atom. The lowest BCUT2D eigenvalue weighted by molar-refractivity contribution is -0.136. The molecule has 3 heterocycles. The van der Waals surface area contributed by atoms with Crippen LogP contribution in [0.4, 0.5) is 0 Å². The van der Waals surface area contributed by atoms with Crippen LogP contribution in [0.1, 0.15) is 66.6 Å². The van der Waals surface area contributed by atoms with Crippen LogP contribution in [0, 0.1) is 5.92 Å². The quantitative estimate of drug-likeness (QED) is 0.499. The Bertz CT molecular complexity index is 1050. The minimum absolute atomic E-state index is 0.178. The van der Waals surface area contributed by atoms with E-state index in [2.05, 4.69) is 27.9 Å². The van der Waals surface area contributed by atoms with E-state index < -0.39 is 0 Å². The van der Waals surface area contributed by atoms with Gasteiger partial charge in [0.15, 0.2) is 5.76 Å². The van der Waals surface area contributed by atoms with Gasteiger partial charge in [-0.05, 0) is 55.2 Å². The zero-order valence-electron chi connectivity index (χ0n) is 19.2. The monoisotopic (exact) mass is 448 g/mol. The maximum Gasteiger partial charge on any atom is 0.287 e. The lowest BCUT2D eigenvalue weighted by Crippen LogP contribution is -2.36. The van der Waals surface area contributed by atoms with Crippen molar-refractivity contribution >= 4 is 11.8 Å². The van der Waals surface area contributed by atoms with Crippen LogP contribution in [0.15, 0.2) is 59.4 Å². The van der Waals surface area contributed by atoms with E-state index in [4.69, 9.17) is 4.42 Å². The molecule has 7 nitrogen and oxygen atoms in total. The summed E-state index contributed by atoms with van der Waals surface area (Å²) in [4.78, 5) is 31.5. The van der Waals surface area contributed by atoms with Gasteiger partial charge in [-0.25, -0.2) is 0 Å². The second-order valence-electron chi connectivity index (χ2n) is 8.68. The summed E-state index contributed by atoms with van der Waals surface area (Å²) in [6.45, 7) is 4.37. The number of carbonyl (C=O) groups excluding carboxylic acids is 2. The molecule has 0 aliphatic heterocycles. The molecule has 0 atom stereocenters. The van der Waals surface area contributed by atoms with Crippen LogP contribution in [-0.4, -0.2) is 32.8 Å². The van der Waals surface area contributed by atoms with Gasteiger partial charge in [0.2, 0.25) is 5.91 Å². The number of nitrogens with one attached hydrogen (secondary N) is 1. The van der Waals surface area contributed by atoms with Crippen molar-refractivity contribution < 1.29 is 14.0 Å². The van der Waals surface area contributed by atoms with Crippen molar-refractivity contribution in [3.63, 3.8) is 0 Å². The summed E-state index contributed by atoms with van der Waals surface area (Å²) in [5, 5.41) is 2.85. The maximum atomic E-state index is 13.0. The Kier molecular flexibility index (Phi) is 7.60. The first kappa shape index (κ1) is 22.8. The van der Waals surface area contributed by atoms with E-state index in [9.17, 15) is 9.59 Å². The largest absolute Gasteiger partial charge is 0.454 e. The van der Waals surface area contributed by atoms with Gasteiger partial charge < -0.3 is 19.2 Å². The van der Waals surface area contributed by atoms with E-state index in [-0.39, 0.29) is 23.5 Å². The van der Waals surface area contributed by atoms with Crippen LogP contribution in [0.2, 0.25) is 0 Å². The molecular weight excluding hydrogens is 416 g/mol. The highest BCUT2D eigenvalue weighted by Gasteiger charge is 2.27. The summed E-state index contributed by atoms with van der Waals surface area (Å²) in [6.07, 6.45) is 10.7. The number of furan rings is 1. The molecule has 7 heteroatoms.